The van der Waals surface area contributed by atoms with Crippen LogP contribution in [0.2, 0.25) is 0 Å². The van der Waals surface area contributed by atoms with Gasteiger partial charge >= 0.3 is 0 Å². The first-order chi connectivity index (χ1) is 13.1. The molecule has 0 aliphatic rings. The predicted molar refractivity (Wildman–Crippen MR) is 110 cm³/mol. The molecule has 4 nitrogen and oxygen atoms in total. The van der Waals surface area contributed by atoms with Crippen molar-refractivity contribution in [2.75, 3.05) is 5.32 Å². The fraction of sp³-hybridized carbons (Fsp3) is 0.130. The van der Waals surface area contributed by atoms with E-state index >= 15 is 0 Å². The molecule has 0 aliphatic carbocycles. The van der Waals surface area contributed by atoms with Crippen molar-refractivity contribution in [3.8, 4) is 11.4 Å². The third-order valence-electron chi connectivity index (χ3n) is 4.70. The molecule has 1 N–H and O–H groups in total. The zero-order valence-electron chi connectivity index (χ0n) is 15.4. The third kappa shape index (κ3) is 3.60. The number of benzene rings is 3. The Hall–Kier alpha value is -3.40. The van der Waals surface area contributed by atoms with Crippen LogP contribution in [0.5, 0.6) is 0 Å². The predicted octanol–water partition coefficient (Wildman–Crippen LogP) is 4.73. The maximum absolute atomic E-state index is 12.3. The SMILES string of the molecule is Cc1ccc(CC(=O)Nc2ccc(-c3nc4ccccc4n3C)cc2)cc1. The summed E-state index contributed by atoms with van der Waals surface area (Å²) in [6, 6.07) is 23.9. The van der Waals surface area contributed by atoms with E-state index in [2.05, 4.69) is 16.0 Å². The van der Waals surface area contributed by atoms with Gasteiger partial charge in [0.1, 0.15) is 5.82 Å². The van der Waals surface area contributed by atoms with Crippen LogP contribution >= 0.6 is 0 Å². The van der Waals surface area contributed by atoms with E-state index in [0.29, 0.717) is 6.42 Å². The molecule has 0 aliphatic heterocycles. The molecule has 1 amide bonds. The summed E-state index contributed by atoms with van der Waals surface area (Å²) >= 11 is 0. The van der Waals surface area contributed by atoms with E-state index < -0.39 is 0 Å². The number of amides is 1. The number of hydrogen-bond acceptors (Lipinski definition) is 2. The Morgan fingerprint density at radius 1 is 0.963 bits per heavy atom. The maximum Gasteiger partial charge on any atom is 0.228 e. The van der Waals surface area contributed by atoms with Crippen LogP contribution in [-0.4, -0.2) is 15.5 Å². The molecule has 4 heteroatoms. The van der Waals surface area contributed by atoms with E-state index in [4.69, 9.17) is 4.98 Å². The molecule has 0 radical (unpaired) electrons. The standard InChI is InChI=1S/C23H21N3O/c1-16-7-9-17(10-8-16)15-22(27)24-19-13-11-18(12-14-19)23-25-20-5-3-4-6-21(20)26(23)2/h3-14H,15H2,1-2H3,(H,24,27). The number of hydrogen-bond donors (Lipinski definition) is 1. The average Bonchev–Trinajstić information content (AvgIpc) is 3.01. The molecule has 1 heterocycles. The molecule has 134 valence electrons. The number of nitrogens with one attached hydrogen (secondary N) is 1. The second kappa shape index (κ2) is 7.08. The summed E-state index contributed by atoms with van der Waals surface area (Å²) in [5.74, 6) is 0.892. The lowest BCUT2D eigenvalue weighted by atomic mass is 10.1. The van der Waals surface area contributed by atoms with E-state index in [0.717, 1.165) is 33.7 Å². The second-order valence-corrected chi connectivity index (χ2v) is 6.77. The molecular weight excluding hydrogens is 334 g/mol. The van der Waals surface area contributed by atoms with Gasteiger partial charge in [0.2, 0.25) is 5.91 Å². The van der Waals surface area contributed by atoms with E-state index in [1.807, 2.05) is 80.7 Å². The van der Waals surface area contributed by atoms with E-state index in [9.17, 15) is 4.79 Å². The summed E-state index contributed by atoms with van der Waals surface area (Å²) in [6.45, 7) is 2.04. The van der Waals surface area contributed by atoms with E-state index in [1.54, 1.807) is 0 Å². The zero-order chi connectivity index (χ0) is 18.8. The molecule has 0 bridgehead atoms. The average molecular weight is 355 g/mol. The topological polar surface area (TPSA) is 46.9 Å². The first-order valence-corrected chi connectivity index (χ1v) is 8.97. The van der Waals surface area contributed by atoms with Gasteiger partial charge in [-0.3, -0.25) is 4.79 Å². The smallest absolute Gasteiger partial charge is 0.228 e. The van der Waals surface area contributed by atoms with Gasteiger partial charge in [-0.05, 0) is 48.9 Å². The van der Waals surface area contributed by atoms with Crippen LogP contribution < -0.4 is 5.32 Å². The van der Waals surface area contributed by atoms with Crippen LogP contribution in [0, 0.1) is 6.92 Å². The highest BCUT2D eigenvalue weighted by molar-refractivity contribution is 5.92. The molecule has 0 atom stereocenters. The molecular formula is C23H21N3O. The van der Waals surface area contributed by atoms with Gasteiger partial charge in [-0.2, -0.15) is 0 Å². The minimum absolute atomic E-state index is 0.0191. The summed E-state index contributed by atoms with van der Waals surface area (Å²) in [7, 11) is 2.02. The van der Waals surface area contributed by atoms with Crippen LogP contribution in [0.3, 0.4) is 0 Å². The number of carbonyl (C=O) groups excluding carboxylic acids is 1. The van der Waals surface area contributed by atoms with E-state index in [1.165, 1.54) is 5.56 Å². The van der Waals surface area contributed by atoms with Crippen molar-refractivity contribution in [1.82, 2.24) is 9.55 Å². The number of para-hydroxylation sites is 2. The summed E-state index contributed by atoms with van der Waals surface area (Å²) < 4.78 is 2.08. The molecule has 0 unspecified atom stereocenters. The van der Waals surface area contributed by atoms with Gasteiger partial charge in [0.25, 0.3) is 0 Å². The second-order valence-electron chi connectivity index (χ2n) is 6.77. The molecule has 0 saturated heterocycles. The Morgan fingerprint density at radius 3 is 2.37 bits per heavy atom. The van der Waals surface area contributed by atoms with Crippen LogP contribution in [0.15, 0.2) is 72.8 Å². The third-order valence-corrected chi connectivity index (χ3v) is 4.70. The summed E-state index contributed by atoms with van der Waals surface area (Å²) in [5, 5.41) is 2.96. The van der Waals surface area contributed by atoms with Gasteiger partial charge in [0.05, 0.1) is 17.5 Å². The molecule has 0 saturated carbocycles. The van der Waals surface area contributed by atoms with Crippen molar-refractivity contribution in [2.24, 2.45) is 7.05 Å². The molecule has 4 rings (SSSR count). The molecule has 4 aromatic rings. The van der Waals surface area contributed by atoms with Crippen molar-refractivity contribution in [1.29, 1.82) is 0 Å². The number of aryl methyl sites for hydroxylation is 2. The highest BCUT2D eigenvalue weighted by Gasteiger charge is 2.10. The highest BCUT2D eigenvalue weighted by atomic mass is 16.1. The number of carbonyl (C=O) groups is 1. The molecule has 3 aromatic carbocycles. The van der Waals surface area contributed by atoms with Crippen molar-refractivity contribution in [3.63, 3.8) is 0 Å². The Balaban J connectivity index is 1.49. The molecule has 27 heavy (non-hydrogen) atoms. The van der Waals surface area contributed by atoms with Gasteiger partial charge < -0.3 is 9.88 Å². The number of imidazole rings is 1. The van der Waals surface area contributed by atoms with Crippen LogP contribution in [-0.2, 0) is 18.3 Å². The van der Waals surface area contributed by atoms with Gasteiger partial charge in [-0.15, -0.1) is 0 Å². The molecule has 0 fully saturated rings. The Morgan fingerprint density at radius 2 is 1.67 bits per heavy atom. The first kappa shape index (κ1) is 17.0. The number of rotatable bonds is 4. The quantitative estimate of drug-likeness (QED) is 0.575. The van der Waals surface area contributed by atoms with Gasteiger partial charge in [0.15, 0.2) is 0 Å². The van der Waals surface area contributed by atoms with Crippen molar-refractivity contribution < 1.29 is 4.79 Å². The maximum atomic E-state index is 12.3. The lowest BCUT2D eigenvalue weighted by molar-refractivity contribution is -0.115. The fourth-order valence-corrected chi connectivity index (χ4v) is 3.20. The number of fused-ring (bicyclic) bond motifs is 1. The Labute approximate surface area is 158 Å². The Bertz CT molecular complexity index is 1090. The van der Waals surface area contributed by atoms with Crippen LogP contribution in [0.4, 0.5) is 5.69 Å². The van der Waals surface area contributed by atoms with Gasteiger partial charge in [0, 0.05) is 18.3 Å². The fourth-order valence-electron chi connectivity index (χ4n) is 3.20. The highest BCUT2D eigenvalue weighted by Crippen LogP contribution is 2.24. The number of anilines is 1. The largest absolute Gasteiger partial charge is 0.327 e. The summed E-state index contributed by atoms with van der Waals surface area (Å²) in [4.78, 5) is 17.0. The molecule has 1 aromatic heterocycles. The monoisotopic (exact) mass is 355 g/mol. The summed E-state index contributed by atoms with van der Waals surface area (Å²) in [5.41, 5.74) is 6.08. The van der Waals surface area contributed by atoms with E-state index in [-0.39, 0.29) is 5.91 Å². The summed E-state index contributed by atoms with van der Waals surface area (Å²) in [6.07, 6.45) is 0.368. The lowest BCUT2D eigenvalue weighted by Crippen LogP contribution is -2.14. The van der Waals surface area contributed by atoms with Crippen molar-refractivity contribution in [3.05, 3.63) is 83.9 Å². The normalized spacial score (nSPS) is 10.9. The van der Waals surface area contributed by atoms with Crippen molar-refractivity contribution >= 4 is 22.6 Å². The Kier molecular flexibility index (Phi) is 4.47. The first-order valence-electron chi connectivity index (χ1n) is 8.97. The molecule has 0 spiro atoms. The van der Waals surface area contributed by atoms with Crippen LogP contribution in [0.25, 0.3) is 22.4 Å². The van der Waals surface area contributed by atoms with Gasteiger partial charge in [-0.25, -0.2) is 4.98 Å². The van der Waals surface area contributed by atoms with Crippen molar-refractivity contribution in [2.45, 2.75) is 13.3 Å². The lowest BCUT2D eigenvalue weighted by Gasteiger charge is -2.07. The minimum atomic E-state index is -0.0191. The number of aromatic nitrogens is 2. The zero-order valence-corrected chi connectivity index (χ0v) is 15.4. The number of nitrogens with zero attached hydrogens (tertiary/aromatic N) is 2. The van der Waals surface area contributed by atoms with Crippen LogP contribution in [0.1, 0.15) is 11.1 Å². The van der Waals surface area contributed by atoms with Gasteiger partial charge in [-0.1, -0.05) is 42.0 Å². The minimum Gasteiger partial charge on any atom is -0.327 e.